The van der Waals surface area contributed by atoms with Gasteiger partial charge in [0, 0.05) is 34.8 Å². The largest absolute Gasteiger partial charge is 0.477 e. The van der Waals surface area contributed by atoms with Gasteiger partial charge < -0.3 is 24.1 Å². The number of ether oxygens (including phenoxy) is 4. The Bertz CT molecular complexity index is 3620. The quantitative estimate of drug-likeness (QED) is 0.0446. The zero-order valence-corrected chi connectivity index (χ0v) is 52.9. The maximum absolute atomic E-state index is 13.8. The maximum atomic E-state index is 13.8. The first-order chi connectivity index (χ1) is 42.4. The van der Waals surface area contributed by atoms with Crippen LogP contribution in [0.15, 0.2) is 148 Å². The smallest absolute Gasteiger partial charge is 0.356 e. The number of piperidine rings is 2. The van der Waals surface area contributed by atoms with Crippen molar-refractivity contribution in [1.29, 1.82) is 0 Å². The number of benzene rings is 4. The number of pyridine rings is 3. The lowest BCUT2D eigenvalue weighted by Gasteiger charge is -2.39. The number of aromatic carboxylic acids is 1. The van der Waals surface area contributed by atoms with Crippen LogP contribution >= 0.6 is 43.5 Å². The molecule has 4 aromatic carbocycles. The Labute approximate surface area is 531 Å². The number of carbonyl (C=O) groups is 5. The molecule has 0 radical (unpaired) electrons. The minimum Gasteiger partial charge on any atom is -0.477 e. The molecule has 0 unspecified atom stereocenters. The van der Waals surface area contributed by atoms with Crippen molar-refractivity contribution in [3.05, 3.63) is 211 Å². The number of hydrogen-bond donors (Lipinski definition) is 2. The first-order valence-electron chi connectivity index (χ1n) is 27.4. The van der Waals surface area contributed by atoms with E-state index >= 15 is 0 Å². The van der Waals surface area contributed by atoms with Gasteiger partial charge >= 0.3 is 29.8 Å². The van der Waals surface area contributed by atoms with E-state index in [0.717, 1.165) is 53.5 Å². The van der Waals surface area contributed by atoms with Crippen molar-refractivity contribution in [2.24, 2.45) is 0 Å². The van der Waals surface area contributed by atoms with Crippen LogP contribution in [-0.4, -0.2) is 101 Å². The minimum absolute atomic E-state index is 0.0503. The molecule has 5 heterocycles. The Balaban J connectivity index is 0.000000212. The standard InChI is InChI=1S/C20H20ClF2NO4S.C14H17F2NO2.C14H11F2NO2.C8H8BrNO2.C6H4BrNO2/c1-2-28-20(25)19-5-3-4-18(13-10-15(22)12-16(23)11-13)24(19)29(26,27)17-8-6-14(21)7-9-17;2*1-2-19-14(18)13-5-3-4-12(17-13)9-6-10(15)8-11(16)7-9;1-2-12-8(11)6-4-3-5-7(9)10-6;7-5-3-1-2-4(8-5)6(9)10/h6-12,18-19H,2-5H2,1H3;6-8,12-13,17H,2-5H2,1H3;3-8H,2H2,1H3;3-5H,2H2,1H3;1-3H,(H,9,10)/t18-,19+;12-,13+;;;/m00.../s1. The van der Waals surface area contributed by atoms with Gasteiger partial charge in [-0.2, -0.15) is 4.31 Å². The van der Waals surface area contributed by atoms with Crippen molar-refractivity contribution in [3.63, 3.8) is 0 Å². The highest BCUT2D eigenvalue weighted by Gasteiger charge is 2.45. The molecule has 474 valence electrons. The van der Waals surface area contributed by atoms with E-state index in [0.29, 0.717) is 69.7 Å². The van der Waals surface area contributed by atoms with Gasteiger partial charge in [-0.3, -0.25) is 14.9 Å². The van der Waals surface area contributed by atoms with Crippen LogP contribution in [0.4, 0.5) is 26.3 Å². The third-order valence-electron chi connectivity index (χ3n) is 12.6. The molecule has 2 saturated heterocycles. The van der Waals surface area contributed by atoms with Crippen molar-refractivity contribution in [1.82, 2.24) is 24.6 Å². The first kappa shape index (κ1) is 72.1. The summed E-state index contributed by atoms with van der Waals surface area (Å²) in [5.74, 6) is -7.19. The summed E-state index contributed by atoms with van der Waals surface area (Å²) in [6, 6.07) is 26.8. The molecular formula is C62H60Br2ClF6N5O12S. The lowest BCUT2D eigenvalue weighted by atomic mass is 9.93. The van der Waals surface area contributed by atoms with E-state index in [1.807, 2.05) is 0 Å². The fraction of sp³-hybridized carbons (Fsp3) is 0.290. The van der Waals surface area contributed by atoms with E-state index in [-0.39, 0.29) is 65.0 Å². The number of hydrogen-bond acceptors (Lipinski definition) is 15. The highest BCUT2D eigenvalue weighted by Crippen LogP contribution is 2.40. The van der Waals surface area contributed by atoms with Gasteiger partial charge in [-0.05, 0) is 206 Å². The van der Waals surface area contributed by atoms with Crippen LogP contribution in [0.25, 0.3) is 11.3 Å². The van der Waals surface area contributed by atoms with Crippen LogP contribution in [0.5, 0.6) is 0 Å². The first-order valence-corrected chi connectivity index (χ1v) is 30.8. The Morgan fingerprint density at radius 2 is 1.01 bits per heavy atom. The number of esters is 4. The summed E-state index contributed by atoms with van der Waals surface area (Å²) in [5, 5.41) is 11.9. The number of aromatic nitrogens is 3. The minimum atomic E-state index is -4.19. The molecule has 0 aliphatic carbocycles. The zero-order chi connectivity index (χ0) is 65.4. The predicted molar refractivity (Wildman–Crippen MR) is 323 cm³/mol. The third kappa shape index (κ3) is 22.4. The molecule has 3 aromatic heterocycles. The number of carbonyl (C=O) groups excluding carboxylic acids is 4. The van der Waals surface area contributed by atoms with E-state index < -0.39 is 81.0 Å². The molecule has 9 rings (SSSR count). The SMILES string of the molecule is CCOC(=O)[C@H]1CCC[C@@H](c2cc(F)cc(F)c2)N1.CCOC(=O)[C@H]1CCC[C@@H](c2cc(F)cc(F)c2)N1S(=O)(=O)c1ccc(Cl)cc1.CCOC(=O)c1cccc(-c2cc(F)cc(F)c2)n1.CCOC(=O)c1cccc(Br)n1.O=C(O)c1cccc(Br)n1. The molecule has 0 bridgehead atoms. The molecule has 7 aromatic rings. The van der Waals surface area contributed by atoms with Crippen LogP contribution in [-0.2, 0) is 38.6 Å². The lowest BCUT2D eigenvalue weighted by Crippen LogP contribution is -2.50. The molecule has 0 saturated carbocycles. The molecule has 0 amide bonds. The van der Waals surface area contributed by atoms with Gasteiger partial charge in [0.15, 0.2) is 0 Å². The summed E-state index contributed by atoms with van der Waals surface area (Å²) in [5.41, 5.74) is 1.73. The predicted octanol–water partition coefficient (Wildman–Crippen LogP) is 13.9. The van der Waals surface area contributed by atoms with Crippen molar-refractivity contribution < 1.29 is 82.8 Å². The van der Waals surface area contributed by atoms with Gasteiger partial charge in [0.25, 0.3) is 0 Å². The normalized spacial score (nSPS) is 16.1. The molecule has 27 heteroatoms. The Morgan fingerprint density at radius 3 is 1.51 bits per heavy atom. The van der Waals surface area contributed by atoms with Gasteiger partial charge in [-0.15, -0.1) is 0 Å². The summed E-state index contributed by atoms with van der Waals surface area (Å²) in [7, 11) is -4.19. The number of nitrogens with zero attached hydrogens (tertiary/aromatic N) is 4. The average Bonchev–Trinajstić information content (AvgIpc) is 0.793. The van der Waals surface area contributed by atoms with Crippen molar-refractivity contribution in [2.45, 2.75) is 95.3 Å². The number of carboxylic acids is 1. The van der Waals surface area contributed by atoms with Gasteiger partial charge in [0.2, 0.25) is 10.0 Å². The fourth-order valence-corrected chi connectivity index (χ4v) is 11.5. The third-order valence-corrected chi connectivity index (χ3v) is 15.6. The van der Waals surface area contributed by atoms with Crippen molar-refractivity contribution >= 4 is 83.3 Å². The Hall–Kier alpha value is -7.62. The summed E-state index contributed by atoms with van der Waals surface area (Å²) < 4.78 is 129. The molecule has 2 fully saturated rings. The molecule has 89 heavy (non-hydrogen) atoms. The number of carboxylic acid groups (broad SMARTS) is 1. The van der Waals surface area contributed by atoms with Gasteiger partial charge in [-0.1, -0.05) is 29.8 Å². The van der Waals surface area contributed by atoms with E-state index in [4.69, 9.17) is 35.7 Å². The van der Waals surface area contributed by atoms with Crippen molar-refractivity contribution in [3.8, 4) is 11.3 Å². The van der Waals surface area contributed by atoms with E-state index in [9.17, 15) is 58.7 Å². The van der Waals surface area contributed by atoms with Gasteiger partial charge in [-0.25, -0.2) is 64.1 Å². The second kappa shape index (κ2) is 35.5. The fourth-order valence-electron chi connectivity index (χ4n) is 8.85. The highest BCUT2D eigenvalue weighted by molar-refractivity contribution is 9.10. The molecule has 17 nitrogen and oxygen atoms in total. The topological polar surface area (TPSA) is 231 Å². The molecule has 2 N–H and O–H groups in total. The van der Waals surface area contributed by atoms with Crippen LogP contribution < -0.4 is 5.32 Å². The van der Waals surface area contributed by atoms with Gasteiger partial charge in [0.1, 0.15) is 73.3 Å². The maximum Gasteiger partial charge on any atom is 0.356 e. The molecule has 4 atom stereocenters. The van der Waals surface area contributed by atoms with Crippen LogP contribution in [0.1, 0.15) is 121 Å². The Morgan fingerprint density at radius 1 is 0.562 bits per heavy atom. The molecular weight excluding hydrogens is 1350 g/mol. The number of halogens is 9. The van der Waals surface area contributed by atoms with Gasteiger partial charge in [0.05, 0.1) is 43.1 Å². The Kier molecular flexibility index (Phi) is 28.8. The summed E-state index contributed by atoms with van der Waals surface area (Å²) in [4.78, 5) is 68.7. The van der Waals surface area contributed by atoms with Crippen LogP contribution in [0, 0.1) is 34.9 Å². The lowest BCUT2D eigenvalue weighted by molar-refractivity contribution is -0.149. The van der Waals surface area contributed by atoms with Crippen LogP contribution in [0.3, 0.4) is 0 Å². The van der Waals surface area contributed by atoms with E-state index in [2.05, 4.69) is 52.1 Å². The molecule has 0 spiro atoms. The molecule has 2 aliphatic rings. The number of nitrogens with one attached hydrogen (secondary N) is 1. The second-order valence-electron chi connectivity index (χ2n) is 18.9. The van der Waals surface area contributed by atoms with Crippen molar-refractivity contribution in [2.75, 3.05) is 26.4 Å². The average molecular weight is 1410 g/mol. The number of sulfonamides is 1. The molecule has 2 aliphatic heterocycles. The number of rotatable bonds is 14. The summed E-state index contributed by atoms with van der Waals surface area (Å²) in [6.07, 6.45) is 3.32. The van der Waals surface area contributed by atoms with Crippen LogP contribution in [0.2, 0.25) is 5.02 Å². The summed E-state index contributed by atoms with van der Waals surface area (Å²) in [6.45, 7) is 7.84. The zero-order valence-electron chi connectivity index (χ0n) is 48.1. The van der Waals surface area contributed by atoms with E-state index in [1.54, 1.807) is 70.2 Å². The van der Waals surface area contributed by atoms with E-state index in [1.165, 1.54) is 48.5 Å². The highest BCUT2D eigenvalue weighted by atomic mass is 79.9. The monoisotopic (exact) mass is 1410 g/mol. The second-order valence-corrected chi connectivity index (χ2v) is 22.8. The summed E-state index contributed by atoms with van der Waals surface area (Å²) >= 11 is 12.1.